The Hall–Kier alpha value is -2.62. The Kier molecular flexibility index (Phi) is 4.85. The van der Waals surface area contributed by atoms with E-state index in [1.54, 1.807) is 4.90 Å². The van der Waals surface area contributed by atoms with Gasteiger partial charge in [-0.15, -0.1) is 0 Å². The number of benzene rings is 1. The Bertz CT molecular complexity index is 773. The average Bonchev–Trinajstić information content (AvgIpc) is 2.81. The minimum Gasteiger partial charge on any atom is -0.324 e. The third kappa shape index (κ3) is 3.75. The van der Waals surface area contributed by atoms with E-state index in [-0.39, 0.29) is 18.1 Å². The van der Waals surface area contributed by atoms with Crippen molar-refractivity contribution >= 4 is 23.5 Å². The summed E-state index contributed by atoms with van der Waals surface area (Å²) in [6.07, 6.45) is -3.88. The number of nitrogens with zero attached hydrogens (tertiary/aromatic N) is 2. The second kappa shape index (κ2) is 6.84. The zero-order valence-electron chi connectivity index (χ0n) is 14.6. The summed E-state index contributed by atoms with van der Waals surface area (Å²) in [7, 11) is 1.41. The molecule has 2 aliphatic heterocycles. The molecule has 27 heavy (non-hydrogen) atoms. The number of nitrogens with one attached hydrogen (secondary N) is 2. The van der Waals surface area contributed by atoms with E-state index < -0.39 is 29.2 Å². The van der Waals surface area contributed by atoms with Gasteiger partial charge in [0.2, 0.25) is 5.91 Å². The summed E-state index contributed by atoms with van der Waals surface area (Å²) in [5.74, 6) is -0.864. The van der Waals surface area contributed by atoms with E-state index in [1.807, 2.05) is 0 Å². The SMILES string of the molecule is CN1C(=O)NC2(CCN(CC(=O)Nc3ccccc3C(F)(F)F)CC2)C1=O. The molecule has 1 aromatic carbocycles. The van der Waals surface area contributed by atoms with Crippen LogP contribution in [0.2, 0.25) is 0 Å². The zero-order chi connectivity index (χ0) is 19.8. The van der Waals surface area contributed by atoms with E-state index in [2.05, 4.69) is 10.6 Å². The fourth-order valence-corrected chi connectivity index (χ4v) is 3.42. The largest absolute Gasteiger partial charge is 0.418 e. The summed E-state index contributed by atoms with van der Waals surface area (Å²) in [5.41, 5.74) is -2.14. The second-order valence-corrected chi connectivity index (χ2v) is 6.74. The molecule has 2 aliphatic rings. The van der Waals surface area contributed by atoms with Crippen molar-refractivity contribution in [3.8, 4) is 0 Å². The van der Waals surface area contributed by atoms with E-state index in [0.717, 1.165) is 11.0 Å². The van der Waals surface area contributed by atoms with Gasteiger partial charge in [0.1, 0.15) is 5.54 Å². The van der Waals surface area contributed by atoms with Crippen LogP contribution >= 0.6 is 0 Å². The number of piperidine rings is 1. The maximum Gasteiger partial charge on any atom is 0.418 e. The van der Waals surface area contributed by atoms with Crippen LogP contribution in [0.4, 0.5) is 23.7 Å². The number of urea groups is 1. The van der Waals surface area contributed by atoms with Crippen molar-refractivity contribution in [1.29, 1.82) is 0 Å². The normalized spacial score (nSPS) is 20.1. The Morgan fingerprint density at radius 1 is 1.22 bits per heavy atom. The van der Waals surface area contributed by atoms with Gasteiger partial charge in [-0.2, -0.15) is 13.2 Å². The molecule has 2 saturated heterocycles. The number of hydrogen-bond donors (Lipinski definition) is 2. The molecule has 0 saturated carbocycles. The van der Waals surface area contributed by atoms with Crippen LogP contribution < -0.4 is 10.6 Å². The standard InChI is InChI=1S/C17H19F3N4O3/c1-23-14(26)16(22-15(23)27)6-8-24(9-7-16)10-13(25)21-12-5-3-2-4-11(12)17(18,19)20/h2-5H,6-10H2,1H3,(H,21,25)(H,22,27). The molecule has 0 aromatic heterocycles. The summed E-state index contributed by atoms with van der Waals surface area (Å²) in [6.45, 7) is 0.642. The highest BCUT2D eigenvalue weighted by Crippen LogP contribution is 2.34. The Morgan fingerprint density at radius 2 is 1.85 bits per heavy atom. The lowest BCUT2D eigenvalue weighted by molar-refractivity contribution is -0.137. The Morgan fingerprint density at radius 3 is 2.41 bits per heavy atom. The quantitative estimate of drug-likeness (QED) is 0.777. The fraction of sp³-hybridized carbons (Fsp3) is 0.471. The molecule has 0 unspecified atom stereocenters. The van der Waals surface area contributed by atoms with Gasteiger partial charge in [-0.3, -0.25) is 19.4 Å². The highest BCUT2D eigenvalue weighted by molar-refractivity contribution is 6.06. The highest BCUT2D eigenvalue weighted by atomic mass is 19.4. The molecule has 1 spiro atoms. The number of rotatable bonds is 3. The van der Waals surface area contributed by atoms with Crippen LogP contribution in [-0.2, 0) is 15.8 Å². The lowest BCUT2D eigenvalue weighted by Crippen LogP contribution is -2.55. The molecule has 146 valence electrons. The molecule has 7 nitrogen and oxygen atoms in total. The summed E-state index contributed by atoms with van der Waals surface area (Å²) in [6, 6.07) is 4.34. The van der Waals surface area contributed by atoms with Gasteiger partial charge in [0.25, 0.3) is 5.91 Å². The third-order valence-corrected chi connectivity index (χ3v) is 4.95. The molecule has 0 atom stereocenters. The molecule has 4 amide bonds. The number of anilines is 1. The lowest BCUT2D eigenvalue weighted by atomic mass is 9.87. The summed E-state index contributed by atoms with van der Waals surface area (Å²) >= 11 is 0. The first kappa shape index (κ1) is 19.2. The number of likely N-dealkylation sites (tertiary alicyclic amines) is 1. The van der Waals surface area contributed by atoms with Crippen molar-refractivity contribution in [2.24, 2.45) is 0 Å². The van der Waals surface area contributed by atoms with Gasteiger partial charge < -0.3 is 10.6 Å². The number of carbonyl (C=O) groups excluding carboxylic acids is 3. The molecular formula is C17H19F3N4O3. The van der Waals surface area contributed by atoms with Crippen LogP contribution in [0, 0.1) is 0 Å². The summed E-state index contributed by atoms with van der Waals surface area (Å²) in [5, 5.41) is 4.99. The Balaban J connectivity index is 1.58. The maximum absolute atomic E-state index is 13.0. The van der Waals surface area contributed by atoms with E-state index >= 15 is 0 Å². The molecule has 0 aliphatic carbocycles. The van der Waals surface area contributed by atoms with E-state index in [1.165, 1.54) is 25.2 Å². The van der Waals surface area contributed by atoms with E-state index in [4.69, 9.17) is 0 Å². The first-order valence-electron chi connectivity index (χ1n) is 8.41. The van der Waals surface area contributed by atoms with Crippen molar-refractivity contribution in [2.75, 3.05) is 32.0 Å². The molecule has 0 radical (unpaired) electrons. The maximum atomic E-state index is 13.0. The van der Waals surface area contributed by atoms with Crippen LogP contribution in [0.15, 0.2) is 24.3 Å². The monoisotopic (exact) mass is 384 g/mol. The van der Waals surface area contributed by atoms with Gasteiger partial charge >= 0.3 is 12.2 Å². The molecule has 2 N–H and O–H groups in total. The predicted molar refractivity (Wildman–Crippen MR) is 89.8 cm³/mol. The number of alkyl halides is 3. The molecule has 2 heterocycles. The van der Waals surface area contributed by atoms with Gasteiger partial charge in [-0.25, -0.2) is 4.79 Å². The first-order valence-corrected chi connectivity index (χ1v) is 8.41. The number of para-hydroxylation sites is 1. The van der Waals surface area contributed by atoms with Crippen LogP contribution in [0.1, 0.15) is 18.4 Å². The number of carbonyl (C=O) groups is 3. The minimum absolute atomic E-state index is 0.0970. The van der Waals surface area contributed by atoms with E-state index in [0.29, 0.717) is 25.9 Å². The lowest BCUT2D eigenvalue weighted by Gasteiger charge is -2.36. The van der Waals surface area contributed by atoms with Crippen molar-refractivity contribution in [3.05, 3.63) is 29.8 Å². The number of likely N-dealkylation sites (N-methyl/N-ethyl adjacent to an activating group) is 1. The Labute approximate surface area is 153 Å². The molecular weight excluding hydrogens is 365 g/mol. The van der Waals surface area contributed by atoms with Gasteiger partial charge in [-0.05, 0) is 25.0 Å². The number of hydrogen-bond acceptors (Lipinski definition) is 4. The predicted octanol–water partition coefficient (Wildman–Crippen LogP) is 1.66. The van der Waals surface area contributed by atoms with Crippen molar-refractivity contribution in [2.45, 2.75) is 24.6 Å². The van der Waals surface area contributed by atoms with Crippen molar-refractivity contribution in [3.63, 3.8) is 0 Å². The molecule has 2 fully saturated rings. The van der Waals surface area contributed by atoms with Gasteiger partial charge in [-0.1, -0.05) is 12.1 Å². The first-order chi connectivity index (χ1) is 12.6. The van der Waals surface area contributed by atoms with Crippen LogP contribution in [0.5, 0.6) is 0 Å². The van der Waals surface area contributed by atoms with Gasteiger partial charge in [0.05, 0.1) is 17.8 Å². The minimum atomic E-state index is -4.56. The third-order valence-electron chi connectivity index (χ3n) is 4.95. The number of amides is 4. The fourth-order valence-electron chi connectivity index (χ4n) is 3.42. The number of halogens is 3. The van der Waals surface area contributed by atoms with Crippen LogP contribution in [0.3, 0.4) is 0 Å². The van der Waals surface area contributed by atoms with Gasteiger partial charge in [0.15, 0.2) is 0 Å². The summed E-state index contributed by atoms with van der Waals surface area (Å²) in [4.78, 5) is 38.8. The van der Waals surface area contributed by atoms with Crippen LogP contribution in [-0.4, -0.2) is 59.9 Å². The molecule has 0 bridgehead atoms. The van der Waals surface area contributed by atoms with Crippen LogP contribution in [0.25, 0.3) is 0 Å². The van der Waals surface area contributed by atoms with Gasteiger partial charge in [0, 0.05) is 20.1 Å². The molecule has 1 aromatic rings. The summed E-state index contributed by atoms with van der Waals surface area (Å²) < 4.78 is 39.0. The van der Waals surface area contributed by atoms with Crippen molar-refractivity contribution in [1.82, 2.24) is 15.1 Å². The number of imide groups is 1. The molecule has 10 heteroatoms. The molecule has 3 rings (SSSR count). The highest BCUT2D eigenvalue weighted by Gasteiger charge is 2.51. The van der Waals surface area contributed by atoms with Crippen molar-refractivity contribution < 1.29 is 27.6 Å². The van der Waals surface area contributed by atoms with E-state index in [9.17, 15) is 27.6 Å². The zero-order valence-corrected chi connectivity index (χ0v) is 14.6. The smallest absolute Gasteiger partial charge is 0.324 e. The second-order valence-electron chi connectivity index (χ2n) is 6.74. The average molecular weight is 384 g/mol. The topological polar surface area (TPSA) is 81.8 Å².